The van der Waals surface area contributed by atoms with E-state index in [0.717, 1.165) is 16.8 Å². The third kappa shape index (κ3) is 4.68. The van der Waals surface area contributed by atoms with E-state index in [2.05, 4.69) is 26.6 Å². The average Bonchev–Trinajstić information content (AvgIpc) is 3.23. The van der Waals surface area contributed by atoms with Gasteiger partial charge in [-0.05, 0) is 56.3 Å². The van der Waals surface area contributed by atoms with Gasteiger partial charge in [-0.1, -0.05) is 35.5 Å². The molecule has 0 aliphatic rings. The van der Waals surface area contributed by atoms with E-state index < -0.39 is 5.25 Å². The SMILES string of the molecule is Cc1ccc(-n2c(S[C@@H](C)C(=O)Nc3cccc(C#N)c3)nnc2-c2ccncc2)cc1. The molecule has 158 valence electrons. The lowest BCUT2D eigenvalue weighted by atomic mass is 10.2. The van der Waals surface area contributed by atoms with Gasteiger partial charge in [0, 0.05) is 29.3 Å². The third-order valence-electron chi connectivity index (χ3n) is 4.77. The first-order chi connectivity index (χ1) is 15.5. The predicted octanol–water partition coefficient (Wildman–Crippen LogP) is 4.63. The molecule has 0 radical (unpaired) electrons. The van der Waals surface area contributed by atoms with Crippen molar-refractivity contribution in [1.82, 2.24) is 19.7 Å². The summed E-state index contributed by atoms with van der Waals surface area (Å²) in [7, 11) is 0. The minimum Gasteiger partial charge on any atom is -0.325 e. The van der Waals surface area contributed by atoms with Crippen molar-refractivity contribution in [3.63, 3.8) is 0 Å². The summed E-state index contributed by atoms with van der Waals surface area (Å²) in [5.74, 6) is 0.488. The zero-order chi connectivity index (χ0) is 22.5. The molecule has 0 aliphatic heterocycles. The highest BCUT2D eigenvalue weighted by atomic mass is 32.2. The molecule has 1 N–H and O–H groups in total. The Morgan fingerprint density at radius 2 is 1.84 bits per heavy atom. The number of nitrogens with one attached hydrogen (secondary N) is 1. The quantitative estimate of drug-likeness (QED) is 0.439. The van der Waals surface area contributed by atoms with E-state index >= 15 is 0 Å². The molecular weight excluding hydrogens is 420 g/mol. The molecule has 4 rings (SSSR count). The largest absolute Gasteiger partial charge is 0.325 e. The van der Waals surface area contributed by atoms with E-state index in [1.54, 1.807) is 36.7 Å². The Morgan fingerprint density at radius 3 is 2.56 bits per heavy atom. The lowest BCUT2D eigenvalue weighted by Crippen LogP contribution is -2.23. The summed E-state index contributed by atoms with van der Waals surface area (Å²) in [5.41, 5.74) is 4.01. The Kier molecular flexibility index (Phi) is 6.29. The first-order valence-electron chi connectivity index (χ1n) is 9.95. The molecule has 0 fully saturated rings. The Labute approximate surface area is 190 Å². The van der Waals surface area contributed by atoms with Gasteiger partial charge in [0.05, 0.1) is 16.9 Å². The van der Waals surface area contributed by atoms with Gasteiger partial charge >= 0.3 is 0 Å². The van der Waals surface area contributed by atoms with Gasteiger partial charge in [-0.15, -0.1) is 10.2 Å². The molecule has 0 saturated carbocycles. The number of amides is 1. The van der Waals surface area contributed by atoms with Crippen LogP contribution in [-0.2, 0) is 4.79 Å². The fourth-order valence-electron chi connectivity index (χ4n) is 3.08. The molecule has 2 aromatic carbocycles. The zero-order valence-electron chi connectivity index (χ0n) is 17.6. The molecule has 2 aromatic heterocycles. The van der Waals surface area contributed by atoms with Crippen LogP contribution in [-0.4, -0.2) is 30.9 Å². The molecule has 8 heteroatoms. The first-order valence-corrected chi connectivity index (χ1v) is 10.8. The molecular formula is C24H20N6OS. The average molecular weight is 441 g/mol. The van der Waals surface area contributed by atoms with E-state index in [-0.39, 0.29) is 5.91 Å². The van der Waals surface area contributed by atoms with Crippen molar-refractivity contribution in [2.24, 2.45) is 0 Å². The number of thioether (sulfide) groups is 1. The van der Waals surface area contributed by atoms with Crippen LogP contribution < -0.4 is 5.32 Å². The fourth-order valence-corrected chi connectivity index (χ4v) is 3.95. The molecule has 1 atom stereocenters. The summed E-state index contributed by atoms with van der Waals surface area (Å²) in [6, 6.07) is 20.7. The molecule has 0 unspecified atom stereocenters. The predicted molar refractivity (Wildman–Crippen MR) is 124 cm³/mol. The van der Waals surface area contributed by atoms with Gasteiger partial charge in [0.25, 0.3) is 0 Å². The summed E-state index contributed by atoms with van der Waals surface area (Å²) < 4.78 is 1.94. The van der Waals surface area contributed by atoms with E-state index in [1.807, 2.05) is 54.8 Å². The van der Waals surface area contributed by atoms with Gasteiger partial charge in [0.15, 0.2) is 11.0 Å². The molecule has 4 aromatic rings. The molecule has 7 nitrogen and oxygen atoms in total. The lowest BCUT2D eigenvalue weighted by molar-refractivity contribution is -0.115. The van der Waals surface area contributed by atoms with Crippen LogP contribution in [0.25, 0.3) is 17.1 Å². The maximum absolute atomic E-state index is 12.8. The number of aromatic nitrogens is 4. The zero-order valence-corrected chi connectivity index (χ0v) is 18.4. The molecule has 0 bridgehead atoms. The van der Waals surface area contributed by atoms with E-state index in [4.69, 9.17) is 5.26 Å². The van der Waals surface area contributed by atoms with Gasteiger partial charge in [0.2, 0.25) is 5.91 Å². The fraction of sp³-hybridized carbons (Fsp3) is 0.125. The minimum atomic E-state index is -0.445. The van der Waals surface area contributed by atoms with Gasteiger partial charge in [-0.3, -0.25) is 14.3 Å². The van der Waals surface area contributed by atoms with Crippen molar-refractivity contribution < 1.29 is 4.79 Å². The number of hydrogen-bond acceptors (Lipinski definition) is 6. The van der Waals surface area contributed by atoms with Crippen LogP contribution in [0.15, 0.2) is 78.2 Å². The Bertz CT molecular complexity index is 1280. The number of rotatable bonds is 6. The lowest BCUT2D eigenvalue weighted by Gasteiger charge is -2.14. The second kappa shape index (κ2) is 9.45. The first kappa shape index (κ1) is 21.3. The van der Waals surface area contributed by atoms with Crippen LogP contribution in [0.3, 0.4) is 0 Å². The molecule has 0 spiro atoms. The van der Waals surface area contributed by atoms with Crippen LogP contribution in [0.5, 0.6) is 0 Å². The maximum atomic E-state index is 12.8. The van der Waals surface area contributed by atoms with Crippen molar-refractivity contribution in [3.05, 3.63) is 84.2 Å². The number of hydrogen-bond donors (Lipinski definition) is 1. The third-order valence-corrected chi connectivity index (χ3v) is 5.82. The molecule has 1 amide bonds. The maximum Gasteiger partial charge on any atom is 0.237 e. The highest BCUT2D eigenvalue weighted by Crippen LogP contribution is 2.30. The normalized spacial score (nSPS) is 11.5. The molecule has 32 heavy (non-hydrogen) atoms. The van der Waals surface area contributed by atoms with Crippen LogP contribution in [0.4, 0.5) is 5.69 Å². The van der Waals surface area contributed by atoms with Crippen molar-refractivity contribution >= 4 is 23.4 Å². The number of benzene rings is 2. The smallest absolute Gasteiger partial charge is 0.237 e. The summed E-state index contributed by atoms with van der Waals surface area (Å²) >= 11 is 1.32. The highest BCUT2D eigenvalue weighted by Gasteiger charge is 2.22. The number of nitrogens with zero attached hydrogens (tertiary/aromatic N) is 5. The van der Waals surface area contributed by atoms with Gasteiger partial charge < -0.3 is 5.32 Å². The molecule has 0 saturated heterocycles. The van der Waals surface area contributed by atoms with Gasteiger partial charge in [0.1, 0.15) is 0 Å². The number of anilines is 1. The van der Waals surface area contributed by atoms with Crippen molar-refractivity contribution in [2.75, 3.05) is 5.32 Å². The van der Waals surface area contributed by atoms with Crippen LogP contribution in [0, 0.1) is 18.3 Å². The van der Waals surface area contributed by atoms with Crippen molar-refractivity contribution in [1.29, 1.82) is 5.26 Å². The van der Waals surface area contributed by atoms with E-state index in [0.29, 0.717) is 22.2 Å². The Morgan fingerprint density at radius 1 is 1.09 bits per heavy atom. The number of aryl methyl sites for hydroxylation is 1. The second-order valence-electron chi connectivity index (χ2n) is 7.15. The minimum absolute atomic E-state index is 0.186. The van der Waals surface area contributed by atoms with E-state index in [1.165, 1.54) is 11.8 Å². The molecule has 0 aliphatic carbocycles. The van der Waals surface area contributed by atoms with Crippen molar-refractivity contribution in [3.8, 4) is 23.1 Å². The molecule has 2 heterocycles. The van der Waals surface area contributed by atoms with Gasteiger partial charge in [-0.2, -0.15) is 5.26 Å². The highest BCUT2D eigenvalue weighted by molar-refractivity contribution is 8.00. The monoisotopic (exact) mass is 440 g/mol. The summed E-state index contributed by atoms with van der Waals surface area (Å²) in [4.78, 5) is 16.9. The van der Waals surface area contributed by atoms with Crippen LogP contribution >= 0.6 is 11.8 Å². The van der Waals surface area contributed by atoms with Crippen LogP contribution in [0.1, 0.15) is 18.1 Å². The Hall–Kier alpha value is -3.96. The summed E-state index contributed by atoms with van der Waals surface area (Å²) in [6.07, 6.45) is 3.42. The number of carbonyl (C=O) groups is 1. The van der Waals surface area contributed by atoms with Gasteiger partial charge in [-0.25, -0.2) is 0 Å². The van der Waals surface area contributed by atoms with E-state index in [9.17, 15) is 4.79 Å². The second-order valence-corrected chi connectivity index (χ2v) is 8.46. The number of nitriles is 1. The number of carbonyl (C=O) groups excluding carboxylic acids is 1. The van der Waals surface area contributed by atoms with Crippen LogP contribution in [0.2, 0.25) is 0 Å². The summed E-state index contributed by atoms with van der Waals surface area (Å²) in [5, 5.41) is 20.9. The standard InChI is InChI=1S/C24H20N6OS/c1-16-6-8-21(9-7-16)30-22(19-10-12-26-13-11-19)28-29-24(30)32-17(2)23(31)27-20-5-3-4-18(14-20)15-25/h3-14,17H,1-2H3,(H,27,31)/t17-/m0/s1. The summed E-state index contributed by atoms with van der Waals surface area (Å²) in [6.45, 7) is 3.84. The topological polar surface area (TPSA) is 96.5 Å². The Balaban J connectivity index is 1.63. The number of pyridine rings is 1. The van der Waals surface area contributed by atoms with Crippen molar-refractivity contribution in [2.45, 2.75) is 24.3 Å².